The fraction of sp³-hybridized carbons (Fsp3) is 0.571. The summed E-state index contributed by atoms with van der Waals surface area (Å²) in [5, 5.41) is 2.96. The quantitative estimate of drug-likeness (QED) is 0.903. The minimum absolute atomic E-state index is 0.185. The Kier molecular flexibility index (Phi) is 4.34. The van der Waals surface area contributed by atoms with Gasteiger partial charge in [-0.15, -0.1) is 0 Å². The number of para-hydroxylation sites is 1. The lowest BCUT2D eigenvalue weighted by molar-refractivity contribution is -0.136. The number of anilines is 1. The molecule has 1 aliphatic rings. The summed E-state index contributed by atoms with van der Waals surface area (Å²) in [5.41, 5.74) is -0.398. The van der Waals surface area contributed by atoms with Crippen LogP contribution < -0.4 is 5.32 Å². The van der Waals surface area contributed by atoms with Gasteiger partial charge >= 0.3 is 6.18 Å². The van der Waals surface area contributed by atoms with Crippen molar-refractivity contribution in [1.82, 2.24) is 4.90 Å². The molecule has 1 saturated heterocycles. The topological polar surface area (TPSA) is 15.3 Å². The van der Waals surface area contributed by atoms with Gasteiger partial charge in [-0.3, -0.25) is 0 Å². The van der Waals surface area contributed by atoms with Crippen LogP contribution in [-0.4, -0.2) is 31.1 Å². The lowest BCUT2D eigenvalue weighted by atomic mass is 10.1. The molecule has 0 radical (unpaired) electrons. The lowest BCUT2D eigenvalue weighted by Crippen LogP contribution is -2.23. The zero-order chi connectivity index (χ0) is 13.9. The largest absolute Gasteiger partial charge is 0.418 e. The molecule has 0 aromatic heterocycles. The molecule has 1 atom stereocenters. The van der Waals surface area contributed by atoms with Crippen molar-refractivity contribution < 1.29 is 13.2 Å². The highest BCUT2D eigenvalue weighted by atomic mass is 19.4. The van der Waals surface area contributed by atoms with Gasteiger partial charge in [-0.25, -0.2) is 0 Å². The summed E-state index contributed by atoms with van der Waals surface area (Å²) in [6.07, 6.45) is -3.25. The molecule has 0 amide bonds. The predicted octanol–water partition coefficient (Wildman–Crippen LogP) is 3.46. The molecule has 1 unspecified atom stereocenters. The highest BCUT2D eigenvalue weighted by molar-refractivity contribution is 5.52. The number of nitrogens with one attached hydrogen (secondary N) is 1. The van der Waals surface area contributed by atoms with Gasteiger partial charge in [-0.2, -0.15) is 13.2 Å². The maximum Gasteiger partial charge on any atom is 0.418 e. The highest BCUT2D eigenvalue weighted by Gasteiger charge is 2.33. The van der Waals surface area contributed by atoms with Crippen LogP contribution in [0.3, 0.4) is 0 Å². The Labute approximate surface area is 111 Å². The number of benzene rings is 1. The normalized spacial score (nSPS) is 20.7. The van der Waals surface area contributed by atoms with Crippen molar-refractivity contribution >= 4 is 5.69 Å². The summed E-state index contributed by atoms with van der Waals surface area (Å²) in [6.45, 7) is 5.73. The van der Waals surface area contributed by atoms with Gasteiger partial charge in [0.1, 0.15) is 0 Å². The Bertz CT molecular complexity index is 417. The monoisotopic (exact) mass is 272 g/mol. The molecule has 2 nitrogen and oxygen atoms in total. The van der Waals surface area contributed by atoms with E-state index in [9.17, 15) is 13.2 Å². The third-order valence-electron chi connectivity index (χ3n) is 3.63. The van der Waals surface area contributed by atoms with E-state index in [-0.39, 0.29) is 5.69 Å². The fourth-order valence-corrected chi connectivity index (χ4v) is 2.51. The number of rotatable bonds is 4. The molecule has 0 spiro atoms. The standard InChI is InChI=1S/C14H19F3N2/c1-2-19-8-7-11(10-19)9-18-13-6-4-3-5-12(13)14(15,16)17/h3-6,11,18H,2,7-10H2,1H3. The highest BCUT2D eigenvalue weighted by Crippen LogP contribution is 2.34. The molecule has 5 heteroatoms. The zero-order valence-corrected chi connectivity index (χ0v) is 11.0. The summed E-state index contributed by atoms with van der Waals surface area (Å²) in [4.78, 5) is 2.32. The van der Waals surface area contributed by atoms with Gasteiger partial charge < -0.3 is 10.2 Å². The van der Waals surface area contributed by atoms with E-state index in [2.05, 4.69) is 17.1 Å². The number of alkyl halides is 3. The van der Waals surface area contributed by atoms with E-state index in [1.54, 1.807) is 6.07 Å². The number of nitrogens with zero attached hydrogens (tertiary/aromatic N) is 1. The first kappa shape index (κ1) is 14.2. The van der Waals surface area contributed by atoms with Gasteiger partial charge in [0.25, 0.3) is 0 Å². The van der Waals surface area contributed by atoms with Crippen molar-refractivity contribution in [1.29, 1.82) is 0 Å². The molecule has 19 heavy (non-hydrogen) atoms. The minimum Gasteiger partial charge on any atom is -0.384 e. The van der Waals surface area contributed by atoms with E-state index in [1.165, 1.54) is 12.1 Å². The van der Waals surface area contributed by atoms with Gasteiger partial charge in [-0.1, -0.05) is 19.1 Å². The molecular formula is C14H19F3N2. The maximum atomic E-state index is 12.8. The summed E-state index contributed by atoms with van der Waals surface area (Å²) in [5.74, 6) is 0.432. The third-order valence-corrected chi connectivity index (χ3v) is 3.63. The average molecular weight is 272 g/mol. The minimum atomic E-state index is -4.30. The van der Waals surface area contributed by atoms with Crippen LogP contribution in [0.2, 0.25) is 0 Å². The SMILES string of the molecule is CCN1CCC(CNc2ccccc2C(F)(F)F)C1. The molecule has 0 bridgehead atoms. The second-order valence-corrected chi connectivity index (χ2v) is 4.97. The first-order valence-corrected chi connectivity index (χ1v) is 6.63. The molecule has 1 heterocycles. The Hall–Kier alpha value is -1.23. The van der Waals surface area contributed by atoms with Crippen molar-refractivity contribution in [2.45, 2.75) is 19.5 Å². The van der Waals surface area contributed by atoms with Crippen LogP contribution in [0, 0.1) is 5.92 Å². The molecule has 1 N–H and O–H groups in total. The van der Waals surface area contributed by atoms with Crippen LogP contribution in [0.25, 0.3) is 0 Å². The maximum absolute atomic E-state index is 12.8. The number of likely N-dealkylation sites (tertiary alicyclic amines) is 1. The third kappa shape index (κ3) is 3.62. The molecule has 0 saturated carbocycles. The van der Waals surface area contributed by atoms with E-state index < -0.39 is 11.7 Å². The number of hydrogen-bond acceptors (Lipinski definition) is 2. The van der Waals surface area contributed by atoms with Crippen molar-refractivity contribution in [3.05, 3.63) is 29.8 Å². The molecule has 1 aromatic carbocycles. The number of halogens is 3. The average Bonchev–Trinajstić information content (AvgIpc) is 2.83. The smallest absolute Gasteiger partial charge is 0.384 e. The predicted molar refractivity (Wildman–Crippen MR) is 70.2 cm³/mol. The summed E-state index contributed by atoms with van der Waals surface area (Å²) >= 11 is 0. The second-order valence-electron chi connectivity index (χ2n) is 4.97. The van der Waals surface area contributed by atoms with E-state index >= 15 is 0 Å². The van der Waals surface area contributed by atoms with Crippen LogP contribution in [-0.2, 0) is 6.18 Å². The van der Waals surface area contributed by atoms with Crippen molar-refractivity contribution in [3.8, 4) is 0 Å². The van der Waals surface area contributed by atoms with Crippen LogP contribution in [0.1, 0.15) is 18.9 Å². The van der Waals surface area contributed by atoms with Gasteiger partial charge in [-0.05, 0) is 37.6 Å². The molecule has 1 aliphatic heterocycles. The summed E-state index contributed by atoms with van der Waals surface area (Å²) in [7, 11) is 0. The van der Waals surface area contributed by atoms with Crippen molar-refractivity contribution in [3.63, 3.8) is 0 Å². The molecule has 0 aliphatic carbocycles. The first-order chi connectivity index (χ1) is 9.00. The van der Waals surface area contributed by atoms with Crippen molar-refractivity contribution in [2.75, 3.05) is 31.5 Å². The molecule has 1 fully saturated rings. The van der Waals surface area contributed by atoms with Crippen LogP contribution in [0.15, 0.2) is 24.3 Å². The second kappa shape index (κ2) is 5.82. The van der Waals surface area contributed by atoms with E-state index in [0.29, 0.717) is 12.5 Å². The Morgan fingerprint density at radius 1 is 1.32 bits per heavy atom. The van der Waals surface area contributed by atoms with Crippen LogP contribution >= 0.6 is 0 Å². The van der Waals surface area contributed by atoms with Crippen LogP contribution in [0.4, 0.5) is 18.9 Å². The Morgan fingerprint density at radius 3 is 2.68 bits per heavy atom. The van der Waals surface area contributed by atoms with E-state index in [0.717, 1.165) is 32.1 Å². The Morgan fingerprint density at radius 2 is 2.05 bits per heavy atom. The summed E-state index contributed by atoms with van der Waals surface area (Å²) < 4.78 is 38.5. The molecule has 1 aromatic rings. The van der Waals surface area contributed by atoms with Gasteiger partial charge in [0.2, 0.25) is 0 Å². The zero-order valence-electron chi connectivity index (χ0n) is 11.0. The Balaban J connectivity index is 1.97. The van der Waals surface area contributed by atoms with Gasteiger partial charge in [0, 0.05) is 18.8 Å². The van der Waals surface area contributed by atoms with E-state index in [4.69, 9.17) is 0 Å². The van der Waals surface area contributed by atoms with Gasteiger partial charge in [0.05, 0.1) is 5.56 Å². The van der Waals surface area contributed by atoms with Crippen LogP contribution in [0.5, 0.6) is 0 Å². The van der Waals surface area contributed by atoms with Crippen molar-refractivity contribution in [2.24, 2.45) is 5.92 Å². The molecular weight excluding hydrogens is 253 g/mol. The van der Waals surface area contributed by atoms with E-state index in [1.807, 2.05) is 0 Å². The molecule has 106 valence electrons. The fourth-order valence-electron chi connectivity index (χ4n) is 2.51. The van der Waals surface area contributed by atoms with Gasteiger partial charge in [0.15, 0.2) is 0 Å². The number of hydrogen-bond donors (Lipinski definition) is 1. The molecule has 2 rings (SSSR count). The lowest BCUT2D eigenvalue weighted by Gasteiger charge is -2.17. The summed E-state index contributed by atoms with van der Waals surface area (Å²) in [6, 6.07) is 5.66. The first-order valence-electron chi connectivity index (χ1n) is 6.63.